The number of anilines is 1. The van der Waals surface area contributed by atoms with Crippen LogP contribution in [0.1, 0.15) is 36.0 Å². The highest BCUT2D eigenvalue weighted by molar-refractivity contribution is 6.30. The predicted octanol–water partition coefficient (Wildman–Crippen LogP) is 2.64. The molecule has 2 aromatic heterocycles. The molecule has 1 saturated carbocycles. The summed E-state index contributed by atoms with van der Waals surface area (Å²) in [6, 6.07) is 5.89. The van der Waals surface area contributed by atoms with Crippen LogP contribution in [0.2, 0.25) is 5.02 Å². The van der Waals surface area contributed by atoms with Crippen LogP contribution in [0.4, 0.5) is 10.3 Å². The molecule has 182 valence electrons. The van der Waals surface area contributed by atoms with Gasteiger partial charge in [-0.1, -0.05) is 11.6 Å². The van der Waals surface area contributed by atoms with Crippen LogP contribution in [0.5, 0.6) is 0 Å². The SMILES string of the molecule is CN(C)C(=O)CN1Cc2cc(Cl)ccc2-n2c(nnc2C2CC3(C2)CN(c2ncc(F)cn2)C3)C1. The van der Waals surface area contributed by atoms with Crippen LogP contribution in [0, 0.1) is 11.2 Å². The lowest BCUT2D eigenvalue weighted by Gasteiger charge is -2.58. The summed E-state index contributed by atoms with van der Waals surface area (Å²) >= 11 is 6.34. The van der Waals surface area contributed by atoms with Crippen LogP contribution >= 0.6 is 11.6 Å². The molecule has 1 aromatic carbocycles. The number of nitrogens with zero attached hydrogens (tertiary/aromatic N) is 8. The molecule has 9 nitrogen and oxygen atoms in total. The maximum absolute atomic E-state index is 13.1. The Balaban J connectivity index is 1.23. The molecule has 2 aliphatic heterocycles. The van der Waals surface area contributed by atoms with Crippen molar-refractivity contribution in [2.75, 3.05) is 38.6 Å². The van der Waals surface area contributed by atoms with E-state index in [1.165, 1.54) is 12.4 Å². The van der Waals surface area contributed by atoms with Crippen molar-refractivity contribution in [2.24, 2.45) is 5.41 Å². The Morgan fingerprint density at radius 1 is 1.17 bits per heavy atom. The Morgan fingerprint density at radius 3 is 2.63 bits per heavy atom. The number of amides is 1. The average molecular weight is 497 g/mol. The summed E-state index contributed by atoms with van der Waals surface area (Å²) in [6.45, 7) is 3.17. The van der Waals surface area contributed by atoms with Gasteiger partial charge in [-0.15, -0.1) is 10.2 Å². The van der Waals surface area contributed by atoms with E-state index in [9.17, 15) is 9.18 Å². The number of carbonyl (C=O) groups excluding carboxylic acids is 1. The lowest BCUT2D eigenvalue weighted by molar-refractivity contribution is -0.130. The van der Waals surface area contributed by atoms with E-state index in [4.69, 9.17) is 11.6 Å². The Kier molecular flexibility index (Phi) is 5.26. The van der Waals surface area contributed by atoms with Crippen molar-refractivity contribution in [1.29, 1.82) is 0 Å². The van der Waals surface area contributed by atoms with Gasteiger partial charge in [-0.25, -0.2) is 14.4 Å². The van der Waals surface area contributed by atoms with Gasteiger partial charge in [0, 0.05) is 50.1 Å². The first-order chi connectivity index (χ1) is 16.8. The van der Waals surface area contributed by atoms with Gasteiger partial charge in [0.1, 0.15) is 5.82 Å². The molecular formula is C24H26ClFN8O. The minimum Gasteiger partial charge on any atom is -0.348 e. The van der Waals surface area contributed by atoms with Crippen molar-refractivity contribution in [1.82, 2.24) is 34.5 Å². The maximum Gasteiger partial charge on any atom is 0.236 e. The van der Waals surface area contributed by atoms with Crippen LogP contribution in [0.15, 0.2) is 30.6 Å². The second kappa shape index (κ2) is 8.23. The van der Waals surface area contributed by atoms with Crippen molar-refractivity contribution < 1.29 is 9.18 Å². The largest absolute Gasteiger partial charge is 0.348 e. The number of benzene rings is 1. The van der Waals surface area contributed by atoms with E-state index in [0.717, 1.165) is 48.8 Å². The molecule has 0 radical (unpaired) electrons. The molecule has 0 N–H and O–H groups in total. The molecule has 3 aromatic rings. The zero-order valence-corrected chi connectivity index (χ0v) is 20.4. The minimum atomic E-state index is -0.425. The monoisotopic (exact) mass is 496 g/mol. The van der Waals surface area contributed by atoms with Gasteiger partial charge in [-0.05, 0) is 36.6 Å². The molecule has 1 amide bonds. The third kappa shape index (κ3) is 3.94. The Labute approximate surface area is 207 Å². The highest BCUT2D eigenvalue weighted by Crippen LogP contribution is 2.56. The summed E-state index contributed by atoms with van der Waals surface area (Å²) in [5, 5.41) is 9.84. The van der Waals surface area contributed by atoms with Crippen molar-refractivity contribution >= 4 is 23.5 Å². The third-order valence-electron chi connectivity index (χ3n) is 7.32. The molecule has 1 aliphatic carbocycles. The summed E-state index contributed by atoms with van der Waals surface area (Å²) in [4.78, 5) is 26.4. The van der Waals surface area contributed by atoms with E-state index >= 15 is 0 Å². The Morgan fingerprint density at radius 2 is 1.91 bits per heavy atom. The van der Waals surface area contributed by atoms with Crippen LogP contribution in [0.25, 0.3) is 5.69 Å². The van der Waals surface area contributed by atoms with Gasteiger partial charge in [-0.2, -0.15) is 0 Å². The molecule has 1 spiro atoms. The fourth-order valence-electron chi connectivity index (χ4n) is 5.60. The summed E-state index contributed by atoms with van der Waals surface area (Å²) in [5.41, 5.74) is 2.30. The number of rotatable bonds is 4. The fourth-order valence-corrected chi connectivity index (χ4v) is 5.79. The normalized spacial score (nSPS) is 18.9. The zero-order valence-electron chi connectivity index (χ0n) is 19.7. The number of hydrogen-bond donors (Lipinski definition) is 0. The molecule has 0 bridgehead atoms. The molecule has 3 aliphatic rings. The van der Waals surface area contributed by atoms with Gasteiger partial charge in [0.05, 0.1) is 31.2 Å². The minimum absolute atomic E-state index is 0.0439. The first-order valence-electron chi connectivity index (χ1n) is 11.7. The van der Waals surface area contributed by atoms with Gasteiger partial charge in [-0.3, -0.25) is 14.3 Å². The Hall–Kier alpha value is -3.11. The molecule has 0 unspecified atom stereocenters. The summed E-state index contributed by atoms with van der Waals surface area (Å²) in [7, 11) is 3.53. The fraction of sp³-hybridized carbons (Fsp3) is 0.458. The van der Waals surface area contributed by atoms with Gasteiger partial charge < -0.3 is 9.80 Å². The number of halogens is 2. The lowest BCUT2D eigenvalue weighted by Crippen LogP contribution is -2.62. The summed E-state index contributed by atoms with van der Waals surface area (Å²) < 4.78 is 15.3. The quantitative estimate of drug-likeness (QED) is 0.549. The zero-order chi connectivity index (χ0) is 24.3. The van der Waals surface area contributed by atoms with Crippen molar-refractivity contribution in [3.05, 3.63) is 58.6 Å². The van der Waals surface area contributed by atoms with Gasteiger partial charge >= 0.3 is 0 Å². The van der Waals surface area contributed by atoms with Crippen LogP contribution in [-0.2, 0) is 17.9 Å². The van der Waals surface area contributed by atoms with E-state index in [-0.39, 0.29) is 11.3 Å². The van der Waals surface area contributed by atoms with E-state index in [1.54, 1.807) is 19.0 Å². The molecule has 4 heterocycles. The molecule has 1 saturated heterocycles. The van der Waals surface area contributed by atoms with Crippen molar-refractivity contribution in [3.63, 3.8) is 0 Å². The van der Waals surface area contributed by atoms with E-state index < -0.39 is 5.82 Å². The smallest absolute Gasteiger partial charge is 0.236 e. The third-order valence-corrected chi connectivity index (χ3v) is 7.56. The predicted molar refractivity (Wildman–Crippen MR) is 128 cm³/mol. The van der Waals surface area contributed by atoms with E-state index in [1.807, 2.05) is 18.2 Å². The lowest BCUT2D eigenvalue weighted by atomic mass is 9.57. The number of likely N-dealkylation sites (N-methyl/N-ethyl adjacent to an activating group) is 1. The number of carbonyl (C=O) groups is 1. The molecule has 35 heavy (non-hydrogen) atoms. The maximum atomic E-state index is 13.1. The van der Waals surface area contributed by atoms with E-state index in [2.05, 4.69) is 34.5 Å². The average Bonchev–Trinajstić information content (AvgIpc) is 3.09. The second-order valence-electron chi connectivity index (χ2n) is 10.2. The van der Waals surface area contributed by atoms with Gasteiger partial charge in [0.15, 0.2) is 11.6 Å². The van der Waals surface area contributed by atoms with Crippen LogP contribution < -0.4 is 4.90 Å². The number of aromatic nitrogens is 5. The van der Waals surface area contributed by atoms with Gasteiger partial charge in [0.25, 0.3) is 0 Å². The first-order valence-corrected chi connectivity index (χ1v) is 12.1. The highest BCUT2D eigenvalue weighted by atomic mass is 35.5. The first kappa shape index (κ1) is 22.4. The molecule has 0 atom stereocenters. The van der Waals surface area contributed by atoms with E-state index in [0.29, 0.717) is 36.5 Å². The van der Waals surface area contributed by atoms with Crippen LogP contribution in [-0.4, -0.2) is 74.2 Å². The van der Waals surface area contributed by atoms with Crippen molar-refractivity contribution in [2.45, 2.75) is 31.8 Å². The summed E-state index contributed by atoms with van der Waals surface area (Å²) in [5.74, 6) is 2.30. The number of fused-ring (bicyclic) bond motifs is 3. The molecule has 2 fully saturated rings. The van der Waals surface area contributed by atoms with Crippen molar-refractivity contribution in [3.8, 4) is 5.69 Å². The second-order valence-corrected chi connectivity index (χ2v) is 10.6. The molecular weight excluding hydrogens is 471 g/mol. The highest BCUT2D eigenvalue weighted by Gasteiger charge is 2.54. The Bertz CT molecular complexity index is 1280. The van der Waals surface area contributed by atoms with Crippen LogP contribution in [0.3, 0.4) is 0 Å². The molecule has 6 rings (SSSR count). The topological polar surface area (TPSA) is 83.3 Å². The molecule has 11 heteroatoms. The number of hydrogen-bond acceptors (Lipinski definition) is 7. The summed E-state index contributed by atoms with van der Waals surface area (Å²) in [6.07, 6.45) is 4.44. The van der Waals surface area contributed by atoms with Gasteiger partial charge in [0.2, 0.25) is 11.9 Å². The standard InChI is InChI=1S/C24H26ClFN8O/c1-31(2)21(35)12-32-10-15-5-17(25)3-4-19(15)34-20(11-32)29-30-22(34)16-6-24(7-16)13-33(14-24)23-27-8-18(26)9-28-23/h3-5,8-9,16H,6-7,10-14H2,1-2H3.